The third-order valence-corrected chi connectivity index (χ3v) is 6.81. The average Bonchev–Trinajstić information content (AvgIpc) is 2.72. The summed E-state index contributed by atoms with van der Waals surface area (Å²) in [6.07, 6.45) is 0.713. The summed E-state index contributed by atoms with van der Waals surface area (Å²) in [6.45, 7) is 1.86. The molecule has 0 bridgehead atoms. The van der Waals surface area contributed by atoms with Gasteiger partial charge in [0.15, 0.2) is 11.6 Å². The van der Waals surface area contributed by atoms with Gasteiger partial charge in [-0.2, -0.15) is 0 Å². The lowest BCUT2D eigenvalue weighted by Gasteiger charge is -2.49. The first kappa shape index (κ1) is 23.5. The molecular formula is C23H24F3IN2O3. The van der Waals surface area contributed by atoms with Gasteiger partial charge in [0.2, 0.25) is 0 Å². The van der Waals surface area contributed by atoms with Crippen LogP contribution in [0.2, 0.25) is 0 Å². The fraction of sp³-hybridized carbons (Fsp3) is 0.435. The number of aliphatic hydroxyl groups excluding tert-OH is 1. The molecule has 1 amide bonds. The summed E-state index contributed by atoms with van der Waals surface area (Å²) in [5.41, 5.74) is -1.16. The molecule has 2 aliphatic rings. The van der Waals surface area contributed by atoms with Gasteiger partial charge in [0.05, 0.1) is 19.2 Å². The fourth-order valence-electron chi connectivity index (χ4n) is 4.39. The third-order valence-electron chi connectivity index (χ3n) is 6.14. The van der Waals surface area contributed by atoms with E-state index in [1.165, 1.54) is 23.1 Å². The maximum Gasteiger partial charge on any atom is 0.254 e. The second-order valence-electron chi connectivity index (χ2n) is 8.69. The summed E-state index contributed by atoms with van der Waals surface area (Å²) in [7, 11) is 0. The lowest BCUT2D eigenvalue weighted by molar-refractivity contribution is -0.102. The highest BCUT2D eigenvalue weighted by Gasteiger charge is 2.45. The Morgan fingerprint density at radius 3 is 2.44 bits per heavy atom. The first-order valence-electron chi connectivity index (χ1n) is 10.5. The second-order valence-corrected chi connectivity index (χ2v) is 9.94. The van der Waals surface area contributed by atoms with E-state index >= 15 is 0 Å². The van der Waals surface area contributed by atoms with E-state index in [0.29, 0.717) is 36.0 Å². The topological polar surface area (TPSA) is 64.0 Å². The van der Waals surface area contributed by atoms with Gasteiger partial charge in [0, 0.05) is 40.8 Å². The molecule has 2 aliphatic heterocycles. The summed E-state index contributed by atoms with van der Waals surface area (Å²) < 4.78 is 43.6. The first-order valence-corrected chi connectivity index (χ1v) is 11.6. The quantitative estimate of drug-likeness (QED) is 0.553. The van der Waals surface area contributed by atoms with E-state index in [1.54, 1.807) is 6.07 Å². The Labute approximate surface area is 198 Å². The molecule has 0 saturated carbocycles. The number of carbonyl (C=O) groups excluding carboxylic acids is 1. The zero-order valence-corrected chi connectivity index (χ0v) is 19.5. The van der Waals surface area contributed by atoms with Crippen molar-refractivity contribution in [1.82, 2.24) is 9.80 Å². The molecule has 5 nitrogen and oxygen atoms in total. The number of piperidine rings is 1. The van der Waals surface area contributed by atoms with Crippen LogP contribution in [0.5, 0.6) is 0 Å². The van der Waals surface area contributed by atoms with Crippen molar-refractivity contribution >= 4 is 28.5 Å². The van der Waals surface area contributed by atoms with E-state index in [0.717, 1.165) is 6.07 Å². The predicted molar refractivity (Wildman–Crippen MR) is 121 cm³/mol. The minimum absolute atomic E-state index is 0.0370. The van der Waals surface area contributed by atoms with Gasteiger partial charge in [0.1, 0.15) is 11.4 Å². The van der Waals surface area contributed by atoms with Crippen LogP contribution in [0, 0.1) is 21.0 Å². The Hall–Kier alpha value is -1.69. The van der Waals surface area contributed by atoms with Gasteiger partial charge in [-0.3, -0.25) is 4.79 Å². The summed E-state index contributed by atoms with van der Waals surface area (Å²) >= 11 is 1.95. The molecule has 32 heavy (non-hydrogen) atoms. The van der Waals surface area contributed by atoms with Gasteiger partial charge in [-0.25, -0.2) is 13.2 Å². The molecule has 172 valence electrons. The SMILES string of the molecule is O=C(c1ccc(F)c(F)c1Cc1ccc(I)cc1F)N1CC(O)(CN2CCC(O)CC2)C1. The maximum absolute atomic E-state index is 14.7. The molecule has 0 spiro atoms. The lowest BCUT2D eigenvalue weighted by Crippen LogP contribution is -2.68. The molecule has 0 unspecified atom stereocenters. The van der Waals surface area contributed by atoms with Crippen LogP contribution < -0.4 is 0 Å². The van der Waals surface area contributed by atoms with E-state index in [-0.39, 0.29) is 42.3 Å². The monoisotopic (exact) mass is 560 g/mol. The van der Waals surface area contributed by atoms with Gasteiger partial charge in [-0.1, -0.05) is 6.07 Å². The van der Waals surface area contributed by atoms with Crippen molar-refractivity contribution in [2.75, 3.05) is 32.7 Å². The summed E-state index contributed by atoms with van der Waals surface area (Å²) in [4.78, 5) is 16.5. The zero-order chi connectivity index (χ0) is 23.0. The number of aliphatic hydroxyl groups is 2. The van der Waals surface area contributed by atoms with Crippen LogP contribution in [0.4, 0.5) is 13.2 Å². The highest BCUT2D eigenvalue weighted by atomic mass is 127. The van der Waals surface area contributed by atoms with Gasteiger partial charge in [0.25, 0.3) is 5.91 Å². The molecule has 0 aliphatic carbocycles. The van der Waals surface area contributed by atoms with Crippen LogP contribution >= 0.6 is 22.6 Å². The number of nitrogens with zero attached hydrogens (tertiary/aromatic N) is 2. The third kappa shape index (κ3) is 4.95. The van der Waals surface area contributed by atoms with Gasteiger partial charge in [-0.15, -0.1) is 0 Å². The van der Waals surface area contributed by atoms with Crippen molar-refractivity contribution < 1.29 is 28.2 Å². The molecule has 0 atom stereocenters. The molecule has 2 N–H and O–H groups in total. The molecule has 0 radical (unpaired) electrons. The molecule has 0 aromatic heterocycles. The molecular weight excluding hydrogens is 536 g/mol. The van der Waals surface area contributed by atoms with Crippen LogP contribution in [-0.2, 0) is 6.42 Å². The Kier molecular flexibility index (Phi) is 6.81. The number of hydrogen-bond donors (Lipinski definition) is 2. The zero-order valence-electron chi connectivity index (χ0n) is 17.3. The molecule has 2 fully saturated rings. The number of halogens is 4. The minimum Gasteiger partial charge on any atom is -0.393 e. The standard InChI is InChI=1S/C23H24F3IN2O3/c24-19-4-3-17(18(21(19)26)9-14-1-2-15(27)10-20(14)25)22(31)29-12-23(32,13-29)11-28-7-5-16(30)6-8-28/h1-4,10,16,30,32H,5-9,11-13H2. The average molecular weight is 560 g/mol. The van der Waals surface area contributed by atoms with E-state index < -0.39 is 29.0 Å². The largest absolute Gasteiger partial charge is 0.393 e. The summed E-state index contributed by atoms with van der Waals surface area (Å²) in [5.74, 6) is -3.35. The summed E-state index contributed by atoms with van der Waals surface area (Å²) in [5, 5.41) is 20.4. The Morgan fingerprint density at radius 2 is 1.78 bits per heavy atom. The Balaban J connectivity index is 1.49. The fourth-order valence-corrected chi connectivity index (χ4v) is 4.85. The van der Waals surface area contributed by atoms with E-state index in [4.69, 9.17) is 0 Å². The minimum atomic E-state index is -1.17. The normalized spacial score (nSPS) is 19.1. The molecule has 4 rings (SSSR count). The number of carbonyl (C=O) groups is 1. The molecule has 2 aromatic rings. The molecule has 2 aromatic carbocycles. The number of amides is 1. The lowest BCUT2D eigenvalue weighted by atomic mass is 9.90. The Bertz CT molecular complexity index is 1020. The highest BCUT2D eigenvalue weighted by Crippen LogP contribution is 2.29. The summed E-state index contributed by atoms with van der Waals surface area (Å²) in [6, 6.07) is 6.55. The number of rotatable bonds is 5. The number of benzene rings is 2. The first-order chi connectivity index (χ1) is 15.1. The van der Waals surface area contributed by atoms with E-state index in [1.807, 2.05) is 22.6 Å². The molecule has 9 heteroatoms. The smallest absolute Gasteiger partial charge is 0.254 e. The Morgan fingerprint density at radius 1 is 1.09 bits per heavy atom. The number of likely N-dealkylation sites (tertiary alicyclic amines) is 2. The molecule has 2 saturated heterocycles. The van der Waals surface area contributed by atoms with E-state index in [2.05, 4.69) is 4.90 Å². The van der Waals surface area contributed by atoms with E-state index in [9.17, 15) is 28.2 Å². The predicted octanol–water partition coefficient (Wildman–Crippen LogP) is 2.94. The van der Waals surface area contributed by atoms with Crippen molar-refractivity contribution in [2.45, 2.75) is 31.0 Å². The van der Waals surface area contributed by atoms with Crippen molar-refractivity contribution in [2.24, 2.45) is 0 Å². The van der Waals surface area contributed by atoms with Gasteiger partial charge >= 0.3 is 0 Å². The highest BCUT2D eigenvalue weighted by molar-refractivity contribution is 14.1. The van der Waals surface area contributed by atoms with Crippen LogP contribution in [-0.4, -0.2) is 70.3 Å². The number of hydrogen-bond acceptors (Lipinski definition) is 4. The number of β-amino-alcohol motifs (C(OH)–C–C–N with tert-alkyl or cyclic N) is 1. The van der Waals surface area contributed by atoms with Crippen LogP contribution in [0.3, 0.4) is 0 Å². The van der Waals surface area contributed by atoms with Crippen molar-refractivity contribution in [3.8, 4) is 0 Å². The van der Waals surface area contributed by atoms with Crippen molar-refractivity contribution in [3.05, 3.63) is 68.0 Å². The van der Waals surface area contributed by atoms with Gasteiger partial charge in [-0.05, 0) is 65.3 Å². The maximum atomic E-state index is 14.7. The van der Waals surface area contributed by atoms with Gasteiger partial charge < -0.3 is 20.0 Å². The van der Waals surface area contributed by atoms with Crippen LogP contribution in [0.1, 0.15) is 34.3 Å². The van der Waals surface area contributed by atoms with Crippen molar-refractivity contribution in [1.29, 1.82) is 0 Å². The molecule has 2 heterocycles. The van der Waals surface area contributed by atoms with Crippen molar-refractivity contribution in [3.63, 3.8) is 0 Å². The van der Waals surface area contributed by atoms with Crippen LogP contribution in [0.25, 0.3) is 0 Å². The second kappa shape index (κ2) is 9.28. The van der Waals surface area contributed by atoms with Crippen LogP contribution in [0.15, 0.2) is 30.3 Å².